The van der Waals surface area contributed by atoms with Crippen LogP contribution in [0.15, 0.2) is 42.5 Å². The Morgan fingerprint density at radius 3 is 2.52 bits per heavy atom. The zero-order chi connectivity index (χ0) is 18.6. The van der Waals surface area contributed by atoms with Crippen molar-refractivity contribution in [2.75, 3.05) is 5.32 Å². The molecule has 1 amide bonds. The number of hydrogen-bond donors (Lipinski definition) is 1. The average Bonchev–Trinajstić information content (AvgIpc) is 2.54. The van der Waals surface area contributed by atoms with E-state index in [1.165, 1.54) is 6.07 Å². The van der Waals surface area contributed by atoms with Gasteiger partial charge in [-0.2, -0.15) is 13.2 Å². The van der Waals surface area contributed by atoms with Gasteiger partial charge in [0, 0.05) is 5.02 Å². The number of carbonyl (C=O) groups is 1. The number of aryl methyl sites for hydroxylation is 1. The van der Waals surface area contributed by atoms with Gasteiger partial charge in [0.2, 0.25) is 0 Å². The zero-order valence-electron chi connectivity index (χ0n) is 13.7. The van der Waals surface area contributed by atoms with Crippen LogP contribution < -0.4 is 10.1 Å². The van der Waals surface area contributed by atoms with Gasteiger partial charge in [-0.05, 0) is 43.2 Å². The first kappa shape index (κ1) is 19.1. The summed E-state index contributed by atoms with van der Waals surface area (Å²) in [7, 11) is 0. The van der Waals surface area contributed by atoms with Gasteiger partial charge in [-0.25, -0.2) is 0 Å². The molecule has 25 heavy (non-hydrogen) atoms. The molecule has 0 bridgehead atoms. The third kappa shape index (κ3) is 4.89. The lowest BCUT2D eigenvalue weighted by atomic mass is 10.1. The van der Waals surface area contributed by atoms with E-state index in [0.717, 1.165) is 17.7 Å². The summed E-state index contributed by atoms with van der Waals surface area (Å²) >= 11 is 5.64. The van der Waals surface area contributed by atoms with Gasteiger partial charge >= 0.3 is 6.18 Å². The maximum atomic E-state index is 13.1. The number of hydrogen-bond acceptors (Lipinski definition) is 2. The van der Waals surface area contributed by atoms with Crippen LogP contribution in [0, 0.1) is 6.92 Å². The van der Waals surface area contributed by atoms with Crippen molar-refractivity contribution in [3.8, 4) is 5.75 Å². The van der Waals surface area contributed by atoms with Crippen molar-refractivity contribution in [3.05, 3.63) is 58.6 Å². The summed E-state index contributed by atoms with van der Waals surface area (Å²) in [6, 6.07) is 10.3. The lowest BCUT2D eigenvalue weighted by Gasteiger charge is -2.20. The van der Waals surface area contributed by atoms with Crippen molar-refractivity contribution in [3.63, 3.8) is 0 Å². The molecule has 0 saturated carbocycles. The van der Waals surface area contributed by atoms with E-state index in [0.29, 0.717) is 12.2 Å². The largest absolute Gasteiger partial charge is 0.480 e. The maximum Gasteiger partial charge on any atom is 0.418 e. The number of carbonyl (C=O) groups excluding carboxylic acids is 1. The highest BCUT2D eigenvalue weighted by Crippen LogP contribution is 2.36. The van der Waals surface area contributed by atoms with Crippen LogP contribution in [0.4, 0.5) is 18.9 Å². The standard InChI is InChI=1S/C18H17ClF3NO2/c1-3-15(25-16-7-5-4-6-11(16)2)17(24)23-14-9-8-12(19)10-13(14)18(20,21)22/h4-10,15H,3H2,1-2H3,(H,23,24)/t15-/m0/s1. The molecular formula is C18H17ClF3NO2. The number of alkyl halides is 3. The predicted octanol–water partition coefficient (Wildman–Crippen LogP) is 5.46. The molecule has 0 fully saturated rings. The van der Waals surface area contributed by atoms with Crippen LogP contribution in [-0.2, 0) is 11.0 Å². The molecule has 1 N–H and O–H groups in total. The van der Waals surface area contributed by atoms with Crippen molar-refractivity contribution >= 4 is 23.2 Å². The van der Waals surface area contributed by atoms with Crippen LogP contribution >= 0.6 is 11.6 Å². The highest BCUT2D eigenvalue weighted by Gasteiger charge is 2.34. The summed E-state index contributed by atoms with van der Waals surface area (Å²) in [5, 5.41) is 2.23. The molecule has 0 heterocycles. The number of rotatable bonds is 5. The molecule has 1 atom stereocenters. The first-order chi connectivity index (χ1) is 11.7. The van der Waals surface area contributed by atoms with Gasteiger partial charge in [0.15, 0.2) is 6.10 Å². The minimum absolute atomic E-state index is 0.0616. The number of halogens is 4. The van der Waals surface area contributed by atoms with Gasteiger partial charge < -0.3 is 10.1 Å². The number of ether oxygens (including phenoxy) is 1. The van der Waals surface area contributed by atoms with Crippen molar-refractivity contribution in [2.45, 2.75) is 32.5 Å². The van der Waals surface area contributed by atoms with Crippen LogP contribution in [0.25, 0.3) is 0 Å². The van der Waals surface area contributed by atoms with Gasteiger partial charge in [-0.1, -0.05) is 36.7 Å². The van der Waals surface area contributed by atoms with E-state index >= 15 is 0 Å². The van der Waals surface area contributed by atoms with Crippen molar-refractivity contribution < 1.29 is 22.7 Å². The van der Waals surface area contributed by atoms with E-state index < -0.39 is 23.8 Å². The molecule has 2 aromatic carbocycles. The average molecular weight is 372 g/mol. The molecule has 2 rings (SSSR count). The second-order valence-corrected chi connectivity index (χ2v) is 5.89. The zero-order valence-corrected chi connectivity index (χ0v) is 14.4. The Morgan fingerprint density at radius 2 is 1.92 bits per heavy atom. The van der Waals surface area contributed by atoms with E-state index in [1.807, 2.05) is 19.1 Å². The SMILES string of the molecule is CC[C@H](Oc1ccccc1C)C(=O)Nc1ccc(Cl)cc1C(F)(F)F. The summed E-state index contributed by atoms with van der Waals surface area (Å²) in [6.45, 7) is 3.54. The van der Waals surface area contributed by atoms with Crippen LogP contribution in [0.1, 0.15) is 24.5 Å². The summed E-state index contributed by atoms with van der Waals surface area (Å²) in [5.41, 5.74) is -0.524. The van der Waals surface area contributed by atoms with Gasteiger partial charge in [0.1, 0.15) is 5.75 Å². The summed E-state index contributed by atoms with van der Waals surface area (Å²) in [4.78, 5) is 12.4. The van der Waals surface area contributed by atoms with E-state index in [9.17, 15) is 18.0 Å². The molecule has 0 aliphatic heterocycles. The lowest BCUT2D eigenvalue weighted by Crippen LogP contribution is -2.33. The normalized spacial score (nSPS) is 12.6. The second-order valence-electron chi connectivity index (χ2n) is 5.46. The molecule has 134 valence electrons. The molecular weight excluding hydrogens is 355 g/mol. The monoisotopic (exact) mass is 371 g/mol. The first-order valence-corrected chi connectivity index (χ1v) is 8.00. The number of benzene rings is 2. The Kier molecular flexibility index (Phi) is 5.95. The number of anilines is 1. The van der Waals surface area contributed by atoms with E-state index in [2.05, 4.69) is 5.32 Å². The van der Waals surface area contributed by atoms with Gasteiger partial charge in [0.05, 0.1) is 11.3 Å². The molecule has 0 aliphatic carbocycles. The van der Waals surface area contributed by atoms with Crippen molar-refractivity contribution in [1.29, 1.82) is 0 Å². The molecule has 2 aromatic rings. The fraction of sp³-hybridized carbons (Fsp3) is 0.278. The second kappa shape index (κ2) is 7.78. The summed E-state index contributed by atoms with van der Waals surface area (Å²) < 4.78 is 45.0. The minimum Gasteiger partial charge on any atom is -0.480 e. The Labute approximate surface area is 148 Å². The molecule has 0 aromatic heterocycles. The fourth-order valence-corrected chi connectivity index (χ4v) is 2.41. The molecule has 0 saturated heterocycles. The molecule has 7 heteroatoms. The molecule has 3 nitrogen and oxygen atoms in total. The topological polar surface area (TPSA) is 38.3 Å². The number of para-hydroxylation sites is 1. The Morgan fingerprint density at radius 1 is 1.24 bits per heavy atom. The first-order valence-electron chi connectivity index (χ1n) is 7.62. The Balaban J connectivity index is 2.22. The van der Waals surface area contributed by atoms with Gasteiger partial charge in [-0.15, -0.1) is 0 Å². The molecule has 0 aliphatic rings. The van der Waals surface area contributed by atoms with Crippen molar-refractivity contribution in [1.82, 2.24) is 0 Å². The third-order valence-electron chi connectivity index (χ3n) is 3.57. The highest BCUT2D eigenvalue weighted by atomic mass is 35.5. The predicted molar refractivity (Wildman–Crippen MR) is 91.0 cm³/mol. The maximum absolute atomic E-state index is 13.1. The lowest BCUT2D eigenvalue weighted by molar-refractivity contribution is -0.137. The fourth-order valence-electron chi connectivity index (χ4n) is 2.24. The van der Waals surface area contributed by atoms with Crippen LogP contribution in [0.5, 0.6) is 5.75 Å². The molecule has 0 spiro atoms. The summed E-state index contributed by atoms with van der Waals surface area (Å²) in [5.74, 6) is -0.143. The van der Waals surface area contributed by atoms with E-state index in [1.54, 1.807) is 19.1 Å². The number of nitrogens with one attached hydrogen (secondary N) is 1. The molecule has 0 unspecified atom stereocenters. The van der Waals surface area contributed by atoms with E-state index in [4.69, 9.17) is 16.3 Å². The Bertz CT molecular complexity index is 762. The summed E-state index contributed by atoms with van der Waals surface area (Å²) in [6.07, 6.45) is -5.25. The smallest absolute Gasteiger partial charge is 0.418 e. The highest BCUT2D eigenvalue weighted by molar-refractivity contribution is 6.30. The van der Waals surface area contributed by atoms with Gasteiger partial charge in [0.25, 0.3) is 5.91 Å². The van der Waals surface area contributed by atoms with Crippen LogP contribution in [-0.4, -0.2) is 12.0 Å². The minimum atomic E-state index is -4.63. The van der Waals surface area contributed by atoms with Crippen molar-refractivity contribution in [2.24, 2.45) is 0 Å². The molecule has 0 radical (unpaired) electrons. The number of amides is 1. The third-order valence-corrected chi connectivity index (χ3v) is 3.81. The van der Waals surface area contributed by atoms with Gasteiger partial charge in [-0.3, -0.25) is 4.79 Å². The van der Waals surface area contributed by atoms with Crippen LogP contribution in [0.2, 0.25) is 5.02 Å². The van der Waals surface area contributed by atoms with Crippen LogP contribution in [0.3, 0.4) is 0 Å². The quantitative estimate of drug-likeness (QED) is 0.757. The Hall–Kier alpha value is -2.21. The van der Waals surface area contributed by atoms with E-state index in [-0.39, 0.29) is 10.7 Å².